The molecule has 1 amide bonds. The predicted octanol–water partition coefficient (Wildman–Crippen LogP) is 4.66. The van der Waals surface area contributed by atoms with Gasteiger partial charge in [-0.15, -0.1) is 10.2 Å². The van der Waals surface area contributed by atoms with Crippen molar-refractivity contribution in [1.29, 1.82) is 0 Å². The molecule has 5 rings (SSSR count). The summed E-state index contributed by atoms with van der Waals surface area (Å²) in [4.78, 5) is 16.5. The zero-order valence-corrected chi connectivity index (χ0v) is 19.7. The van der Waals surface area contributed by atoms with E-state index in [4.69, 9.17) is 14.6 Å². The summed E-state index contributed by atoms with van der Waals surface area (Å²) in [7, 11) is 0. The number of amides is 1. The molecule has 3 heterocycles. The number of ether oxygens (including phenoxy) is 2. The molecule has 0 radical (unpaired) electrons. The molecular formula is C27H24N6O3. The van der Waals surface area contributed by atoms with E-state index >= 15 is 0 Å². The number of nitrogens with one attached hydrogen (secondary N) is 1. The molecule has 5 aromatic rings. The molecule has 9 heteroatoms. The van der Waals surface area contributed by atoms with Gasteiger partial charge in [0, 0.05) is 29.2 Å². The molecule has 1 N–H and O–H groups in total. The van der Waals surface area contributed by atoms with E-state index in [1.807, 2.05) is 60.7 Å². The molecular weight excluding hydrogens is 456 g/mol. The Balaban J connectivity index is 1.26. The van der Waals surface area contributed by atoms with Crippen molar-refractivity contribution in [2.75, 3.05) is 18.5 Å². The van der Waals surface area contributed by atoms with Gasteiger partial charge in [-0.3, -0.25) is 9.78 Å². The molecule has 9 nitrogen and oxygen atoms in total. The number of hydrogen-bond donors (Lipinski definition) is 1. The molecule has 180 valence electrons. The van der Waals surface area contributed by atoms with E-state index in [0.29, 0.717) is 29.5 Å². The number of pyridine rings is 1. The SMILES string of the molecule is CCCOc1ccc(OCC(=O)Nc2cccc(-c3ccc4nnc(-c5ccncc5)n4n3)c2)cc1. The van der Waals surface area contributed by atoms with E-state index in [1.165, 1.54) is 0 Å². The number of anilines is 1. The van der Waals surface area contributed by atoms with Crippen molar-refractivity contribution in [3.63, 3.8) is 0 Å². The van der Waals surface area contributed by atoms with Crippen molar-refractivity contribution in [3.05, 3.63) is 85.2 Å². The minimum Gasteiger partial charge on any atom is -0.494 e. The average Bonchev–Trinajstić information content (AvgIpc) is 3.35. The van der Waals surface area contributed by atoms with Gasteiger partial charge in [-0.1, -0.05) is 19.1 Å². The number of carbonyl (C=O) groups excluding carboxylic acids is 1. The van der Waals surface area contributed by atoms with Crippen LogP contribution in [0, 0.1) is 0 Å². The number of rotatable bonds is 9. The van der Waals surface area contributed by atoms with Gasteiger partial charge < -0.3 is 14.8 Å². The number of hydrogen-bond acceptors (Lipinski definition) is 7. The number of fused-ring (bicyclic) bond motifs is 1. The maximum absolute atomic E-state index is 12.5. The lowest BCUT2D eigenvalue weighted by molar-refractivity contribution is -0.118. The summed E-state index contributed by atoms with van der Waals surface area (Å²) in [5.74, 6) is 1.73. The van der Waals surface area contributed by atoms with Gasteiger partial charge in [0.2, 0.25) is 0 Å². The zero-order chi connectivity index (χ0) is 24.7. The third kappa shape index (κ3) is 5.30. The van der Waals surface area contributed by atoms with Gasteiger partial charge in [0.05, 0.1) is 12.3 Å². The lowest BCUT2D eigenvalue weighted by Crippen LogP contribution is -2.20. The van der Waals surface area contributed by atoms with Crippen LogP contribution in [-0.2, 0) is 4.79 Å². The fraction of sp³-hybridized carbons (Fsp3) is 0.148. The van der Waals surface area contributed by atoms with Crippen LogP contribution in [-0.4, -0.2) is 43.9 Å². The summed E-state index contributed by atoms with van der Waals surface area (Å²) >= 11 is 0. The largest absolute Gasteiger partial charge is 0.494 e. The number of benzene rings is 2. The quantitative estimate of drug-likeness (QED) is 0.327. The van der Waals surface area contributed by atoms with Crippen LogP contribution < -0.4 is 14.8 Å². The minimum absolute atomic E-state index is 0.112. The highest BCUT2D eigenvalue weighted by Crippen LogP contribution is 2.23. The second-order valence-corrected chi connectivity index (χ2v) is 7.99. The van der Waals surface area contributed by atoms with Crippen LogP contribution in [0.5, 0.6) is 11.5 Å². The summed E-state index contributed by atoms with van der Waals surface area (Å²) < 4.78 is 12.9. The highest BCUT2D eigenvalue weighted by Gasteiger charge is 2.12. The summed E-state index contributed by atoms with van der Waals surface area (Å²) in [6, 6.07) is 22.1. The van der Waals surface area contributed by atoms with E-state index in [0.717, 1.165) is 29.0 Å². The van der Waals surface area contributed by atoms with Gasteiger partial charge in [0.15, 0.2) is 18.1 Å². The second kappa shape index (κ2) is 10.6. The highest BCUT2D eigenvalue weighted by atomic mass is 16.5. The monoisotopic (exact) mass is 480 g/mol. The van der Waals surface area contributed by atoms with Crippen molar-refractivity contribution in [1.82, 2.24) is 24.8 Å². The smallest absolute Gasteiger partial charge is 0.262 e. The van der Waals surface area contributed by atoms with Crippen LogP contribution in [0.4, 0.5) is 5.69 Å². The summed E-state index contributed by atoms with van der Waals surface area (Å²) in [6.07, 6.45) is 4.35. The molecule has 0 spiro atoms. The number of carbonyl (C=O) groups is 1. The Morgan fingerprint density at radius 2 is 1.67 bits per heavy atom. The van der Waals surface area contributed by atoms with Gasteiger partial charge in [0.25, 0.3) is 5.91 Å². The molecule has 0 aliphatic carbocycles. The number of nitrogens with zero attached hydrogens (tertiary/aromatic N) is 5. The molecule has 0 unspecified atom stereocenters. The Morgan fingerprint density at radius 3 is 2.44 bits per heavy atom. The van der Waals surface area contributed by atoms with Crippen LogP contribution in [0.3, 0.4) is 0 Å². The van der Waals surface area contributed by atoms with Crippen molar-refractivity contribution in [2.45, 2.75) is 13.3 Å². The van der Waals surface area contributed by atoms with Crippen molar-refractivity contribution >= 4 is 17.2 Å². The Bertz CT molecular complexity index is 1470. The van der Waals surface area contributed by atoms with E-state index < -0.39 is 0 Å². The third-order valence-corrected chi connectivity index (χ3v) is 5.31. The normalized spacial score (nSPS) is 10.8. The first kappa shape index (κ1) is 23.0. The Labute approximate surface area is 207 Å². The average molecular weight is 481 g/mol. The first-order valence-electron chi connectivity index (χ1n) is 11.6. The van der Waals surface area contributed by atoms with Gasteiger partial charge in [-0.05, 0) is 67.1 Å². The maximum Gasteiger partial charge on any atom is 0.262 e. The fourth-order valence-corrected chi connectivity index (χ4v) is 3.58. The molecule has 0 saturated heterocycles. The van der Waals surface area contributed by atoms with E-state index in [2.05, 4.69) is 27.4 Å². The van der Waals surface area contributed by atoms with Crippen LogP contribution >= 0.6 is 0 Å². The molecule has 0 atom stereocenters. The molecule has 0 aliphatic heterocycles. The topological polar surface area (TPSA) is 104 Å². The predicted molar refractivity (Wildman–Crippen MR) is 136 cm³/mol. The number of aromatic nitrogens is 5. The Morgan fingerprint density at radius 1 is 0.889 bits per heavy atom. The van der Waals surface area contributed by atoms with Gasteiger partial charge in [0.1, 0.15) is 11.5 Å². The lowest BCUT2D eigenvalue weighted by Gasteiger charge is -2.10. The van der Waals surface area contributed by atoms with Gasteiger partial charge >= 0.3 is 0 Å². The van der Waals surface area contributed by atoms with Crippen LogP contribution in [0.15, 0.2) is 85.2 Å². The summed E-state index contributed by atoms with van der Waals surface area (Å²) in [5, 5.41) is 16.1. The molecule has 2 aromatic carbocycles. The standard InChI is InChI=1S/C27H24N6O3/c1-2-16-35-22-6-8-23(9-7-22)36-18-26(34)29-21-5-3-4-20(17-21)24-10-11-25-30-31-27(33(25)32-24)19-12-14-28-15-13-19/h3-15,17H,2,16,18H2,1H3,(H,29,34). The van der Waals surface area contributed by atoms with Gasteiger partial charge in [-0.2, -0.15) is 9.61 Å². The van der Waals surface area contributed by atoms with Crippen LogP contribution in [0.25, 0.3) is 28.3 Å². The van der Waals surface area contributed by atoms with Gasteiger partial charge in [-0.25, -0.2) is 0 Å². The van der Waals surface area contributed by atoms with E-state index in [9.17, 15) is 4.79 Å². The third-order valence-electron chi connectivity index (χ3n) is 5.31. The van der Waals surface area contributed by atoms with Crippen LogP contribution in [0.1, 0.15) is 13.3 Å². The summed E-state index contributed by atoms with van der Waals surface area (Å²) in [5.41, 5.74) is 3.70. The van der Waals surface area contributed by atoms with E-state index in [-0.39, 0.29) is 12.5 Å². The minimum atomic E-state index is -0.263. The van der Waals surface area contributed by atoms with Crippen molar-refractivity contribution < 1.29 is 14.3 Å². The molecule has 3 aromatic heterocycles. The second-order valence-electron chi connectivity index (χ2n) is 7.99. The Hall–Kier alpha value is -4.79. The lowest BCUT2D eigenvalue weighted by atomic mass is 10.1. The van der Waals surface area contributed by atoms with Crippen molar-refractivity contribution in [2.24, 2.45) is 0 Å². The first-order valence-corrected chi connectivity index (χ1v) is 11.6. The molecule has 0 fully saturated rings. The van der Waals surface area contributed by atoms with E-state index in [1.54, 1.807) is 29.0 Å². The molecule has 0 aliphatic rings. The molecule has 0 saturated carbocycles. The maximum atomic E-state index is 12.5. The fourth-order valence-electron chi connectivity index (χ4n) is 3.58. The Kier molecular flexibility index (Phi) is 6.79. The zero-order valence-electron chi connectivity index (χ0n) is 19.7. The molecule has 0 bridgehead atoms. The van der Waals surface area contributed by atoms with Crippen molar-refractivity contribution in [3.8, 4) is 34.1 Å². The highest BCUT2D eigenvalue weighted by molar-refractivity contribution is 5.92. The van der Waals surface area contributed by atoms with Crippen LogP contribution in [0.2, 0.25) is 0 Å². The first-order chi connectivity index (χ1) is 17.7. The molecule has 36 heavy (non-hydrogen) atoms. The summed E-state index contributed by atoms with van der Waals surface area (Å²) in [6.45, 7) is 2.60.